The highest BCUT2D eigenvalue weighted by Gasteiger charge is 2.30. The van der Waals surface area contributed by atoms with E-state index >= 15 is 0 Å². The molecule has 0 unspecified atom stereocenters. The van der Waals surface area contributed by atoms with E-state index in [-0.39, 0.29) is 17.5 Å². The Balaban J connectivity index is 1.60. The highest BCUT2D eigenvalue weighted by Crippen LogP contribution is 2.32. The molecule has 0 saturated carbocycles. The molecule has 0 N–H and O–H groups in total. The minimum absolute atomic E-state index is 0.00992. The summed E-state index contributed by atoms with van der Waals surface area (Å²) in [6.45, 7) is 1.08. The number of fused-ring (bicyclic) bond motifs is 1. The zero-order chi connectivity index (χ0) is 21.9. The van der Waals surface area contributed by atoms with Crippen LogP contribution < -0.4 is 5.56 Å². The van der Waals surface area contributed by atoms with Gasteiger partial charge in [-0.1, -0.05) is 24.3 Å². The number of rotatable bonds is 4. The van der Waals surface area contributed by atoms with E-state index in [4.69, 9.17) is 0 Å². The number of benzene rings is 1. The number of nitrogens with zero attached hydrogens (tertiary/aromatic N) is 4. The van der Waals surface area contributed by atoms with Gasteiger partial charge in [-0.15, -0.1) is 0 Å². The maximum atomic E-state index is 13.9. The molecule has 4 heterocycles. The molecule has 1 fully saturated rings. The van der Waals surface area contributed by atoms with Crippen molar-refractivity contribution in [3.8, 4) is 0 Å². The van der Waals surface area contributed by atoms with Crippen molar-refractivity contribution in [1.82, 2.24) is 19.4 Å². The summed E-state index contributed by atoms with van der Waals surface area (Å²) in [7, 11) is 0. The number of hydrogen-bond acceptors (Lipinski definition) is 4. The molecular formula is C26H24N4O2. The lowest BCUT2D eigenvalue weighted by Gasteiger charge is -2.36. The van der Waals surface area contributed by atoms with Crippen molar-refractivity contribution < 1.29 is 4.79 Å². The first-order chi connectivity index (χ1) is 15.7. The largest absolute Gasteiger partial charge is 0.331 e. The predicted octanol–water partition coefficient (Wildman–Crippen LogP) is 4.21. The second-order valence-electron chi connectivity index (χ2n) is 8.17. The molecule has 0 bridgehead atoms. The zero-order valence-electron chi connectivity index (χ0n) is 17.7. The van der Waals surface area contributed by atoms with E-state index in [0.717, 1.165) is 30.4 Å². The molecule has 1 saturated heterocycles. The van der Waals surface area contributed by atoms with E-state index in [9.17, 15) is 9.59 Å². The summed E-state index contributed by atoms with van der Waals surface area (Å²) in [6, 6.07) is 15.1. The van der Waals surface area contributed by atoms with Crippen LogP contribution in [0.15, 0.2) is 84.3 Å². The molecule has 1 aromatic carbocycles. The van der Waals surface area contributed by atoms with Crippen molar-refractivity contribution in [3.63, 3.8) is 0 Å². The quantitative estimate of drug-likeness (QED) is 0.492. The van der Waals surface area contributed by atoms with Crippen LogP contribution in [0.25, 0.3) is 10.8 Å². The first kappa shape index (κ1) is 20.1. The third-order valence-corrected chi connectivity index (χ3v) is 6.16. The lowest BCUT2D eigenvalue weighted by Crippen LogP contribution is -2.39. The van der Waals surface area contributed by atoms with Crippen molar-refractivity contribution in [2.45, 2.75) is 31.8 Å². The lowest BCUT2D eigenvalue weighted by atomic mass is 9.95. The molecule has 6 heteroatoms. The minimum Gasteiger partial charge on any atom is -0.331 e. The fourth-order valence-electron chi connectivity index (χ4n) is 4.56. The summed E-state index contributed by atoms with van der Waals surface area (Å²) in [5.41, 5.74) is 2.47. The van der Waals surface area contributed by atoms with E-state index in [0.29, 0.717) is 29.4 Å². The molecule has 0 spiro atoms. The summed E-state index contributed by atoms with van der Waals surface area (Å²) in [5.74, 6) is -0.0433. The summed E-state index contributed by atoms with van der Waals surface area (Å²) in [5, 5.41) is 1.26. The van der Waals surface area contributed by atoms with E-state index < -0.39 is 0 Å². The van der Waals surface area contributed by atoms with Gasteiger partial charge in [0.2, 0.25) is 0 Å². The first-order valence-corrected chi connectivity index (χ1v) is 10.9. The van der Waals surface area contributed by atoms with Crippen molar-refractivity contribution in [3.05, 3.63) is 107 Å². The first-order valence-electron chi connectivity index (χ1n) is 10.9. The van der Waals surface area contributed by atoms with Crippen LogP contribution >= 0.6 is 0 Å². The predicted molar refractivity (Wildman–Crippen MR) is 123 cm³/mol. The Labute approximate surface area is 186 Å². The van der Waals surface area contributed by atoms with Crippen LogP contribution in [0.3, 0.4) is 0 Å². The molecule has 32 heavy (non-hydrogen) atoms. The number of pyridine rings is 3. The van der Waals surface area contributed by atoms with Gasteiger partial charge in [0.05, 0.1) is 18.2 Å². The summed E-state index contributed by atoms with van der Waals surface area (Å²) in [4.78, 5) is 37.3. The number of carbonyl (C=O) groups excluding carboxylic acids is 1. The molecule has 3 aromatic heterocycles. The van der Waals surface area contributed by atoms with Crippen LogP contribution in [-0.2, 0) is 6.54 Å². The monoisotopic (exact) mass is 424 g/mol. The van der Waals surface area contributed by atoms with Gasteiger partial charge in [0.1, 0.15) is 0 Å². The SMILES string of the molecule is O=C(c1cn(Cc2ccncc2)c(=O)c2ccccc12)N1CCCC[C@@H]1c1cccnc1. The Bertz CT molecular complexity index is 1300. The van der Waals surface area contributed by atoms with Gasteiger partial charge in [-0.25, -0.2) is 0 Å². The Morgan fingerprint density at radius 2 is 1.75 bits per heavy atom. The highest BCUT2D eigenvalue weighted by molar-refractivity contribution is 6.06. The topological polar surface area (TPSA) is 68.1 Å². The molecule has 1 aliphatic rings. The van der Waals surface area contributed by atoms with E-state index in [2.05, 4.69) is 9.97 Å². The second kappa shape index (κ2) is 8.75. The highest BCUT2D eigenvalue weighted by atomic mass is 16.2. The maximum absolute atomic E-state index is 13.9. The van der Waals surface area contributed by atoms with Gasteiger partial charge in [-0.05, 0) is 54.7 Å². The Morgan fingerprint density at radius 3 is 2.53 bits per heavy atom. The Hall–Kier alpha value is -3.80. The van der Waals surface area contributed by atoms with Crippen LogP contribution in [0.1, 0.15) is 46.8 Å². The Kier molecular flexibility index (Phi) is 5.50. The van der Waals surface area contributed by atoms with Gasteiger partial charge in [-0.3, -0.25) is 19.6 Å². The van der Waals surface area contributed by atoms with Gasteiger partial charge >= 0.3 is 0 Å². The number of piperidine rings is 1. The molecule has 0 aliphatic carbocycles. The van der Waals surface area contributed by atoms with Crippen molar-refractivity contribution in [1.29, 1.82) is 0 Å². The molecule has 1 aliphatic heterocycles. The number of likely N-dealkylation sites (tertiary alicyclic amines) is 1. The van der Waals surface area contributed by atoms with Crippen molar-refractivity contribution >= 4 is 16.7 Å². The lowest BCUT2D eigenvalue weighted by molar-refractivity contribution is 0.0612. The molecule has 1 amide bonds. The molecule has 5 rings (SSSR count). The van der Waals surface area contributed by atoms with Gasteiger partial charge in [-0.2, -0.15) is 0 Å². The Morgan fingerprint density at radius 1 is 0.938 bits per heavy atom. The zero-order valence-corrected chi connectivity index (χ0v) is 17.7. The van der Waals surface area contributed by atoms with E-state index in [1.165, 1.54) is 0 Å². The van der Waals surface area contributed by atoms with E-state index in [1.807, 2.05) is 53.6 Å². The number of amides is 1. The second-order valence-corrected chi connectivity index (χ2v) is 8.17. The fourth-order valence-corrected chi connectivity index (χ4v) is 4.56. The van der Waals surface area contributed by atoms with Crippen LogP contribution in [0.4, 0.5) is 0 Å². The van der Waals surface area contributed by atoms with Crippen LogP contribution in [0, 0.1) is 0 Å². The van der Waals surface area contributed by atoms with E-state index in [1.54, 1.807) is 35.4 Å². The summed E-state index contributed by atoms with van der Waals surface area (Å²) in [6.07, 6.45) is 11.7. The normalized spacial score (nSPS) is 16.2. The third kappa shape index (κ3) is 3.80. The average Bonchev–Trinajstić information content (AvgIpc) is 2.86. The summed E-state index contributed by atoms with van der Waals surface area (Å²) >= 11 is 0. The smallest absolute Gasteiger partial charge is 0.258 e. The fraction of sp³-hybridized carbons (Fsp3) is 0.231. The molecule has 1 atom stereocenters. The van der Waals surface area contributed by atoms with Crippen molar-refractivity contribution in [2.75, 3.05) is 6.54 Å². The summed E-state index contributed by atoms with van der Waals surface area (Å²) < 4.78 is 1.63. The molecule has 4 aromatic rings. The van der Waals surface area contributed by atoms with Crippen LogP contribution in [0.5, 0.6) is 0 Å². The van der Waals surface area contributed by atoms with Gasteiger partial charge in [0, 0.05) is 48.3 Å². The third-order valence-electron chi connectivity index (χ3n) is 6.16. The standard InChI is InChI=1S/C26H24N4O2/c31-25-22-8-2-1-7-21(22)23(18-29(25)17-19-10-13-27-14-11-19)26(32)30-15-4-3-9-24(30)20-6-5-12-28-16-20/h1-2,5-8,10-14,16,18,24H,3-4,9,15,17H2/t24-/m1/s1. The van der Waals surface area contributed by atoms with Crippen LogP contribution in [-0.4, -0.2) is 31.9 Å². The van der Waals surface area contributed by atoms with Crippen LogP contribution in [0.2, 0.25) is 0 Å². The average molecular weight is 425 g/mol. The van der Waals surface area contributed by atoms with Gasteiger partial charge < -0.3 is 9.47 Å². The number of carbonyl (C=O) groups is 1. The molecule has 6 nitrogen and oxygen atoms in total. The van der Waals surface area contributed by atoms with Gasteiger partial charge in [0.25, 0.3) is 11.5 Å². The van der Waals surface area contributed by atoms with Crippen molar-refractivity contribution in [2.24, 2.45) is 0 Å². The molecule has 160 valence electrons. The molecular weight excluding hydrogens is 400 g/mol. The number of hydrogen-bond donors (Lipinski definition) is 0. The minimum atomic E-state index is -0.101. The maximum Gasteiger partial charge on any atom is 0.258 e. The van der Waals surface area contributed by atoms with Gasteiger partial charge in [0.15, 0.2) is 0 Å². The number of aromatic nitrogens is 3. The molecule has 0 radical (unpaired) electrons.